The SMILES string of the molecule is CCOc1cccc(C(=O)Nc2ccc(OC[C@H]3CCCO3)cc2)c1. The van der Waals surface area contributed by atoms with Gasteiger partial charge in [0.2, 0.25) is 0 Å². The number of ether oxygens (including phenoxy) is 3. The first-order valence-electron chi connectivity index (χ1n) is 8.63. The highest BCUT2D eigenvalue weighted by Gasteiger charge is 2.16. The van der Waals surface area contributed by atoms with Gasteiger partial charge in [-0.2, -0.15) is 0 Å². The van der Waals surface area contributed by atoms with Crippen LogP contribution in [0.4, 0.5) is 5.69 Å². The van der Waals surface area contributed by atoms with Crippen molar-refractivity contribution < 1.29 is 19.0 Å². The molecule has 2 aromatic carbocycles. The van der Waals surface area contributed by atoms with Crippen LogP contribution in [0.3, 0.4) is 0 Å². The first-order valence-corrected chi connectivity index (χ1v) is 8.63. The molecule has 25 heavy (non-hydrogen) atoms. The molecule has 2 aromatic rings. The fraction of sp³-hybridized carbons (Fsp3) is 0.350. The molecule has 0 bridgehead atoms. The molecule has 5 nitrogen and oxygen atoms in total. The van der Waals surface area contributed by atoms with Gasteiger partial charge in [-0.1, -0.05) is 6.07 Å². The molecule has 132 valence electrons. The average Bonchev–Trinajstić information content (AvgIpc) is 3.15. The molecule has 0 aliphatic carbocycles. The quantitative estimate of drug-likeness (QED) is 0.830. The average molecular weight is 341 g/mol. The van der Waals surface area contributed by atoms with Gasteiger partial charge in [0.25, 0.3) is 5.91 Å². The number of anilines is 1. The van der Waals surface area contributed by atoms with Crippen LogP contribution in [-0.4, -0.2) is 31.8 Å². The standard InChI is InChI=1S/C20H23NO4/c1-2-23-18-6-3-5-15(13-18)20(22)21-16-8-10-17(11-9-16)25-14-19-7-4-12-24-19/h3,5-6,8-11,13,19H,2,4,7,12,14H2,1H3,(H,21,22)/t19-/m1/s1. The van der Waals surface area contributed by atoms with Crippen molar-refractivity contribution in [2.24, 2.45) is 0 Å². The molecule has 1 saturated heterocycles. The van der Waals surface area contributed by atoms with Crippen molar-refractivity contribution in [2.45, 2.75) is 25.9 Å². The van der Waals surface area contributed by atoms with Crippen molar-refractivity contribution in [3.63, 3.8) is 0 Å². The Morgan fingerprint density at radius 3 is 2.72 bits per heavy atom. The lowest BCUT2D eigenvalue weighted by atomic mass is 10.2. The van der Waals surface area contributed by atoms with Gasteiger partial charge in [0.1, 0.15) is 18.1 Å². The zero-order chi connectivity index (χ0) is 17.5. The van der Waals surface area contributed by atoms with Gasteiger partial charge in [-0.05, 0) is 62.2 Å². The second-order valence-electron chi connectivity index (χ2n) is 5.89. The van der Waals surface area contributed by atoms with Crippen molar-refractivity contribution in [3.05, 3.63) is 54.1 Å². The summed E-state index contributed by atoms with van der Waals surface area (Å²) in [6, 6.07) is 14.5. The zero-order valence-electron chi connectivity index (χ0n) is 14.4. The maximum absolute atomic E-state index is 12.3. The molecule has 3 rings (SSSR count). The van der Waals surface area contributed by atoms with Gasteiger partial charge in [0.05, 0.1) is 12.7 Å². The van der Waals surface area contributed by atoms with Gasteiger partial charge in [-0.25, -0.2) is 0 Å². The molecule has 1 atom stereocenters. The molecule has 1 N–H and O–H groups in total. The maximum Gasteiger partial charge on any atom is 0.255 e. The summed E-state index contributed by atoms with van der Waals surface area (Å²) in [6.45, 7) is 3.87. The summed E-state index contributed by atoms with van der Waals surface area (Å²) in [6.07, 6.45) is 2.34. The molecule has 0 radical (unpaired) electrons. The molecule has 0 saturated carbocycles. The third-order valence-electron chi connectivity index (χ3n) is 3.98. The Bertz CT molecular complexity index is 693. The topological polar surface area (TPSA) is 56.8 Å². The van der Waals surface area contributed by atoms with Crippen LogP contribution in [0.5, 0.6) is 11.5 Å². The number of carbonyl (C=O) groups excluding carboxylic acids is 1. The fourth-order valence-electron chi connectivity index (χ4n) is 2.70. The predicted molar refractivity (Wildman–Crippen MR) is 96.5 cm³/mol. The summed E-state index contributed by atoms with van der Waals surface area (Å²) in [7, 11) is 0. The lowest BCUT2D eigenvalue weighted by molar-refractivity contribution is 0.0679. The number of nitrogens with one attached hydrogen (secondary N) is 1. The molecule has 1 amide bonds. The third kappa shape index (κ3) is 4.97. The molecule has 1 aliphatic heterocycles. The molecular weight excluding hydrogens is 318 g/mol. The first-order chi connectivity index (χ1) is 12.2. The van der Waals surface area contributed by atoms with Crippen molar-refractivity contribution in [3.8, 4) is 11.5 Å². The van der Waals surface area contributed by atoms with Crippen LogP contribution in [0.25, 0.3) is 0 Å². The van der Waals surface area contributed by atoms with E-state index in [0.29, 0.717) is 24.5 Å². The lowest BCUT2D eigenvalue weighted by Gasteiger charge is -2.12. The normalized spacial score (nSPS) is 16.4. The van der Waals surface area contributed by atoms with Crippen LogP contribution in [0, 0.1) is 0 Å². The summed E-state index contributed by atoms with van der Waals surface area (Å²) < 4.78 is 16.7. The van der Waals surface area contributed by atoms with E-state index in [9.17, 15) is 4.79 Å². The molecule has 1 fully saturated rings. The second kappa shape index (κ2) is 8.53. The van der Waals surface area contributed by atoms with E-state index in [1.54, 1.807) is 12.1 Å². The second-order valence-corrected chi connectivity index (χ2v) is 5.89. The smallest absolute Gasteiger partial charge is 0.255 e. The number of hydrogen-bond acceptors (Lipinski definition) is 4. The van der Waals surface area contributed by atoms with Gasteiger partial charge >= 0.3 is 0 Å². The minimum absolute atomic E-state index is 0.172. The Labute approximate surface area is 147 Å². The van der Waals surface area contributed by atoms with E-state index in [4.69, 9.17) is 14.2 Å². The Balaban J connectivity index is 1.55. The third-order valence-corrected chi connectivity index (χ3v) is 3.98. The van der Waals surface area contributed by atoms with Crippen molar-refractivity contribution in [1.82, 2.24) is 0 Å². The Morgan fingerprint density at radius 2 is 2.00 bits per heavy atom. The van der Waals surface area contributed by atoms with E-state index in [2.05, 4.69) is 5.32 Å². The fourth-order valence-corrected chi connectivity index (χ4v) is 2.70. The van der Waals surface area contributed by atoms with Crippen LogP contribution in [0.15, 0.2) is 48.5 Å². The van der Waals surface area contributed by atoms with Crippen molar-refractivity contribution in [1.29, 1.82) is 0 Å². The van der Waals surface area contributed by atoms with Crippen LogP contribution in [-0.2, 0) is 4.74 Å². The molecular formula is C20H23NO4. The van der Waals surface area contributed by atoms with Crippen LogP contribution < -0.4 is 14.8 Å². The van der Waals surface area contributed by atoms with Gasteiger partial charge in [0.15, 0.2) is 0 Å². The van der Waals surface area contributed by atoms with Crippen molar-refractivity contribution >= 4 is 11.6 Å². The maximum atomic E-state index is 12.3. The van der Waals surface area contributed by atoms with Gasteiger partial charge in [-0.3, -0.25) is 4.79 Å². The number of benzene rings is 2. The highest BCUT2D eigenvalue weighted by molar-refractivity contribution is 6.04. The van der Waals surface area contributed by atoms with Crippen LogP contribution in [0.2, 0.25) is 0 Å². The zero-order valence-corrected chi connectivity index (χ0v) is 14.4. The predicted octanol–water partition coefficient (Wildman–Crippen LogP) is 3.90. The van der Waals surface area contributed by atoms with Crippen molar-refractivity contribution in [2.75, 3.05) is 25.1 Å². The summed E-state index contributed by atoms with van der Waals surface area (Å²) in [5.74, 6) is 1.29. The van der Waals surface area contributed by atoms with Gasteiger partial charge in [0, 0.05) is 17.9 Å². The summed E-state index contributed by atoms with van der Waals surface area (Å²) >= 11 is 0. The van der Waals surface area contributed by atoms with E-state index in [-0.39, 0.29) is 12.0 Å². The van der Waals surface area contributed by atoms with E-state index in [0.717, 1.165) is 30.9 Å². The molecule has 1 aliphatic rings. The van der Waals surface area contributed by atoms with E-state index in [1.807, 2.05) is 43.3 Å². The molecule has 0 aromatic heterocycles. The first kappa shape index (κ1) is 17.3. The van der Waals surface area contributed by atoms with Gasteiger partial charge < -0.3 is 19.5 Å². The monoisotopic (exact) mass is 341 g/mol. The number of rotatable bonds is 7. The van der Waals surface area contributed by atoms with Crippen LogP contribution in [0.1, 0.15) is 30.1 Å². The minimum Gasteiger partial charge on any atom is -0.494 e. The summed E-state index contributed by atoms with van der Waals surface area (Å²) in [5.41, 5.74) is 1.28. The summed E-state index contributed by atoms with van der Waals surface area (Å²) in [4.78, 5) is 12.3. The minimum atomic E-state index is -0.172. The van der Waals surface area contributed by atoms with E-state index >= 15 is 0 Å². The Morgan fingerprint density at radius 1 is 1.16 bits per heavy atom. The van der Waals surface area contributed by atoms with Gasteiger partial charge in [-0.15, -0.1) is 0 Å². The summed E-state index contributed by atoms with van der Waals surface area (Å²) in [5, 5.41) is 2.88. The molecule has 1 heterocycles. The number of amides is 1. The molecule has 0 unspecified atom stereocenters. The highest BCUT2D eigenvalue weighted by atomic mass is 16.5. The molecule has 5 heteroatoms. The van der Waals surface area contributed by atoms with Crippen LogP contribution >= 0.6 is 0 Å². The highest BCUT2D eigenvalue weighted by Crippen LogP contribution is 2.20. The number of carbonyl (C=O) groups is 1. The van der Waals surface area contributed by atoms with E-state index in [1.165, 1.54) is 0 Å². The lowest BCUT2D eigenvalue weighted by Crippen LogP contribution is -2.16. The largest absolute Gasteiger partial charge is 0.494 e. The Hall–Kier alpha value is -2.53. The molecule has 0 spiro atoms. The number of hydrogen-bond donors (Lipinski definition) is 1. The Kier molecular flexibility index (Phi) is 5.90. The van der Waals surface area contributed by atoms with E-state index < -0.39 is 0 Å².